The monoisotopic (exact) mass is 297 g/mol. The maximum atomic E-state index is 13.0. The summed E-state index contributed by atoms with van der Waals surface area (Å²) in [7, 11) is 1.31. The van der Waals surface area contributed by atoms with Crippen LogP contribution in [-0.4, -0.2) is 28.3 Å². The van der Waals surface area contributed by atoms with Crippen LogP contribution in [0.2, 0.25) is 0 Å². The maximum absolute atomic E-state index is 13.0. The SMILES string of the molecule is COC(=O)c1ccc(-c2ccc(F)cc2)nc1-c1ccn[nH]1. The van der Waals surface area contributed by atoms with Gasteiger partial charge in [0, 0.05) is 11.8 Å². The van der Waals surface area contributed by atoms with Gasteiger partial charge in [0.15, 0.2) is 0 Å². The minimum Gasteiger partial charge on any atom is -0.465 e. The topological polar surface area (TPSA) is 67.9 Å². The summed E-state index contributed by atoms with van der Waals surface area (Å²) in [5.41, 5.74) is 2.74. The van der Waals surface area contributed by atoms with E-state index in [-0.39, 0.29) is 5.82 Å². The molecule has 0 aliphatic rings. The number of esters is 1. The van der Waals surface area contributed by atoms with E-state index in [0.717, 1.165) is 5.56 Å². The number of carbonyl (C=O) groups is 1. The molecule has 3 aromatic rings. The van der Waals surface area contributed by atoms with E-state index < -0.39 is 5.97 Å². The van der Waals surface area contributed by atoms with Crippen LogP contribution >= 0.6 is 0 Å². The fourth-order valence-electron chi connectivity index (χ4n) is 2.11. The number of nitrogens with one attached hydrogen (secondary N) is 1. The molecular formula is C16H12FN3O2. The predicted molar refractivity (Wildman–Crippen MR) is 78.6 cm³/mol. The summed E-state index contributed by atoms with van der Waals surface area (Å²) in [4.78, 5) is 16.4. The van der Waals surface area contributed by atoms with Crippen molar-refractivity contribution in [2.24, 2.45) is 0 Å². The number of halogens is 1. The fourth-order valence-corrected chi connectivity index (χ4v) is 2.11. The molecule has 0 unspecified atom stereocenters. The van der Waals surface area contributed by atoms with E-state index in [1.54, 1.807) is 36.5 Å². The van der Waals surface area contributed by atoms with Crippen molar-refractivity contribution in [1.82, 2.24) is 15.2 Å². The van der Waals surface area contributed by atoms with E-state index in [1.165, 1.54) is 19.2 Å². The lowest BCUT2D eigenvalue weighted by atomic mass is 10.1. The first kappa shape index (κ1) is 13.9. The highest BCUT2D eigenvalue weighted by molar-refractivity contribution is 5.96. The molecule has 0 amide bonds. The number of rotatable bonds is 3. The highest BCUT2D eigenvalue weighted by Gasteiger charge is 2.17. The molecule has 0 saturated carbocycles. The Hall–Kier alpha value is -3.02. The van der Waals surface area contributed by atoms with Gasteiger partial charge in [0.1, 0.15) is 11.5 Å². The molecule has 0 aliphatic carbocycles. The van der Waals surface area contributed by atoms with Gasteiger partial charge in [0.05, 0.1) is 24.1 Å². The standard InChI is InChI=1S/C16H12FN3O2/c1-22-16(21)12-6-7-13(10-2-4-11(17)5-3-10)19-15(12)14-8-9-18-20-14/h2-9H,1H3,(H,18,20). The number of benzene rings is 1. The van der Waals surface area contributed by atoms with Crippen LogP contribution in [0.25, 0.3) is 22.6 Å². The lowest BCUT2D eigenvalue weighted by Gasteiger charge is -2.08. The zero-order valence-electron chi connectivity index (χ0n) is 11.7. The van der Waals surface area contributed by atoms with Crippen LogP contribution in [-0.2, 0) is 4.74 Å². The second-order valence-electron chi connectivity index (χ2n) is 4.56. The Morgan fingerprint density at radius 1 is 1.14 bits per heavy atom. The van der Waals surface area contributed by atoms with Crippen molar-refractivity contribution < 1.29 is 13.9 Å². The Morgan fingerprint density at radius 2 is 1.91 bits per heavy atom. The van der Waals surface area contributed by atoms with Crippen LogP contribution in [0.5, 0.6) is 0 Å². The molecular weight excluding hydrogens is 285 g/mol. The Bertz CT molecular complexity index is 799. The van der Waals surface area contributed by atoms with Crippen LogP contribution in [0.4, 0.5) is 4.39 Å². The molecule has 3 rings (SSSR count). The van der Waals surface area contributed by atoms with Crippen molar-refractivity contribution in [3.63, 3.8) is 0 Å². The Balaban J connectivity index is 2.13. The van der Waals surface area contributed by atoms with Crippen molar-refractivity contribution in [3.05, 3.63) is 60.0 Å². The summed E-state index contributed by atoms with van der Waals surface area (Å²) in [6.45, 7) is 0. The van der Waals surface area contributed by atoms with Crippen molar-refractivity contribution >= 4 is 5.97 Å². The van der Waals surface area contributed by atoms with E-state index in [9.17, 15) is 9.18 Å². The van der Waals surface area contributed by atoms with E-state index >= 15 is 0 Å². The van der Waals surface area contributed by atoms with Gasteiger partial charge in [0.25, 0.3) is 0 Å². The molecule has 6 heteroatoms. The van der Waals surface area contributed by atoms with Crippen molar-refractivity contribution in [2.75, 3.05) is 7.11 Å². The van der Waals surface area contributed by atoms with Crippen LogP contribution < -0.4 is 0 Å². The zero-order chi connectivity index (χ0) is 15.5. The third-order valence-corrected chi connectivity index (χ3v) is 3.20. The summed E-state index contributed by atoms with van der Waals surface area (Å²) in [5.74, 6) is -0.800. The van der Waals surface area contributed by atoms with Gasteiger partial charge in [-0.05, 0) is 42.5 Å². The average molecular weight is 297 g/mol. The van der Waals surface area contributed by atoms with Crippen LogP contribution in [0.3, 0.4) is 0 Å². The summed E-state index contributed by atoms with van der Waals surface area (Å²) in [6, 6.07) is 11.0. The second-order valence-corrected chi connectivity index (χ2v) is 4.56. The van der Waals surface area contributed by atoms with Crippen LogP contribution in [0.1, 0.15) is 10.4 Å². The van der Waals surface area contributed by atoms with Gasteiger partial charge in [-0.15, -0.1) is 0 Å². The van der Waals surface area contributed by atoms with E-state index in [1.807, 2.05) is 0 Å². The number of pyridine rings is 1. The van der Waals surface area contributed by atoms with Crippen LogP contribution in [0, 0.1) is 5.82 Å². The number of nitrogens with zero attached hydrogens (tertiary/aromatic N) is 2. The van der Waals surface area contributed by atoms with E-state index in [0.29, 0.717) is 22.6 Å². The lowest BCUT2D eigenvalue weighted by molar-refractivity contribution is 0.0601. The number of hydrogen-bond acceptors (Lipinski definition) is 4. The highest BCUT2D eigenvalue weighted by Crippen LogP contribution is 2.25. The molecule has 2 aromatic heterocycles. The van der Waals surface area contributed by atoms with Crippen molar-refractivity contribution in [2.45, 2.75) is 0 Å². The van der Waals surface area contributed by atoms with Crippen LogP contribution in [0.15, 0.2) is 48.7 Å². The third kappa shape index (κ3) is 2.58. The maximum Gasteiger partial charge on any atom is 0.340 e. The smallest absolute Gasteiger partial charge is 0.340 e. The minimum atomic E-state index is -0.484. The molecule has 0 fully saturated rings. The Morgan fingerprint density at radius 3 is 2.55 bits per heavy atom. The van der Waals surface area contributed by atoms with Gasteiger partial charge in [-0.2, -0.15) is 5.10 Å². The van der Waals surface area contributed by atoms with E-state index in [4.69, 9.17) is 4.74 Å². The quantitative estimate of drug-likeness (QED) is 0.754. The molecule has 0 bridgehead atoms. The number of aromatic nitrogens is 3. The van der Waals surface area contributed by atoms with Gasteiger partial charge in [0.2, 0.25) is 0 Å². The molecule has 110 valence electrons. The molecule has 22 heavy (non-hydrogen) atoms. The molecule has 1 N–H and O–H groups in total. The molecule has 0 atom stereocenters. The first-order valence-electron chi connectivity index (χ1n) is 6.54. The summed E-state index contributed by atoms with van der Waals surface area (Å²) >= 11 is 0. The Kier molecular flexibility index (Phi) is 3.65. The molecule has 2 heterocycles. The number of carbonyl (C=O) groups excluding carboxylic acids is 1. The largest absolute Gasteiger partial charge is 0.465 e. The number of ether oxygens (including phenoxy) is 1. The molecule has 0 saturated heterocycles. The molecule has 1 aromatic carbocycles. The molecule has 0 spiro atoms. The summed E-state index contributed by atoms with van der Waals surface area (Å²) < 4.78 is 17.8. The molecule has 0 aliphatic heterocycles. The van der Waals surface area contributed by atoms with Gasteiger partial charge in [-0.3, -0.25) is 5.10 Å². The number of methoxy groups -OCH3 is 1. The number of aromatic amines is 1. The highest BCUT2D eigenvalue weighted by atomic mass is 19.1. The van der Waals surface area contributed by atoms with Crippen molar-refractivity contribution in [3.8, 4) is 22.6 Å². The third-order valence-electron chi connectivity index (χ3n) is 3.20. The summed E-state index contributed by atoms with van der Waals surface area (Å²) in [6.07, 6.45) is 1.57. The molecule has 0 radical (unpaired) electrons. The van der Waals surface area contributed by atoms with Gasteiger partial charge >= 0.3 is 5.97 Å². The van der Waals surface area contributed by atoms with E-state index in [2.05, 4.69) is 15.2 Å². The van der Waals surface area contributed by atoms with Gasteiger partial charge in [-0.25, -0.2) is 14.2 Å². The first-order valence-corrected chi connectivity index (χ1v) is 6.54. The molecule has 5 nitrogen and oxygen atoms in total. The lowest BCUT2D eigenvalue weighted by Crippen LogP contribution is -2.06. The number of H-pyrrole nitrogens is 1. The summed E-state index contributed by atoms with van der Waals surface area (Å²) in [5, 5.41) is 6.65. The van der Waals surface area contributed by atoms with Gasteiger partial charge in [-0.1, -0.05) is 0 Å². The minimum absolute atomic E-state index is 0.316. The van der Waals surface area contributed by atoms with Gasteiger partial charge < -0.3 is 4.74 Å². The normalized spacial score (nSPS) is 10.5. The second kappa shape index (κ2) is 5.77. The average Bonchev–Trinajstić information content (AvgIpc) is 3.08. The first-order chi connectivity index (χ1) is 10.7. The Labute approximate surface area is 125 Å². The fraction of sp³-hybridized carbons (Fsp3) is 0.0625. The predicted octanol–water partition coefficient (Wildman–Crippen LogP) is 3.06. The zero-order valence-corrected chi connectivity index (χ0v) is 11.7. The number of hydrogen-bond donors (Lipinski definition) is 1. The van der Waals surface area contributed by atoms with Crippen molar-refractivity contribution in [1.29, 1.82) is 0 Å².